The maximum atomic E-state index is 13.0. The molecule has 2 aromatic carbocycles. The second-order valence-electron chi connectivity index (χ2n) is 7.29. The molecule has 1 amide bonds. The van der Waals surface area contributed by atoms with E-state index in [0.717, 1.165) is 43.4 Å². The molecule has 1 aromatic heterocycles. The van der Waals surface area contributed by atoms with Crippen molar-refractivity contribution in [3.8, 4) is 0 Å². The fourth-order valence-corrected chi connectivity index (χ4v) is 3.75. The Bertz CT molecular complexity index is 1150. The fourth-order valence-electron chi connectivity index (χ4n) is 3.75. The van der Waals surface area contributed by atoms with Gasteiger partial charge in [-0.1, -0.05) is 55.8 Å². The molecule has 0 aliphatic heterocycles. The van der Waals surface area contributed by atoms with Gasteiger partial charge < -0.3 is 0 Å². The number of hydrogen-bond donors (Lipinski definition) is 1. The molecule has 1 aliphatic carbocycles. The quantitative estimate of drug-likeness (QED) is 0.678. The number of nitrogens with one attached hydrogen (secondary N) is 1. The van der Waals surface area contributed by atoms with Crippen LogP contribution in [0.15, 0.2) is 58.4 Å². The molecule has 0 bridgehead atoms. The van der Waals surface area contributed by atoms with Crippen molar-refractivity contribution in [2.45, 2.75) is 45.6 Å². The van der Waals surface area contributed by atoms with Crippen molar-refractivity contribution in [3.63, 3.8) is 0 Å². The number of aromatic nitrogens is 2. The molecule has 29 heavy (non-hydrogen) atoms. The van der Waals surface area contributed by atoms with Crippen LogP contribution in [0, 0.1) is 0 Å². The smallest absolute Gasteiger partial charge is 0.267 e. The van der Waals surface area contributed by atoms with Gasteiger partial charge in [0.05, 0.1) is 11.1 Å². The Morgan fingerprint density at radius 1 is 1.10 bits per heavy atom. The van der Waals surface area contributed by atoms with E-state index in [4.69, 9.17) is 0 Å². The topological polar surface area (TPSA) is 76.3 Å². The van der Waals surface area contributed by atoms with Crippen molar-refractivity contribution in [2.75, 3.05) is 0 Å². The lowest BCUT2D eigenvalue weighted by molar-refractivity contribution is 0.0949. The summed E-state index contributed by atoms with van der Waals surface area (Å²) in [6.45, 7) is 2.54. The predicted molar refractivity (Wildman–Crippen MR) is 114 cm³/mol. The maximum absolute atomic E-state index is 13.0. The summed E-state index contributed by atoms with van der Waals surface area (Å²) in [7, 11) is 0. The lowest BCUT2D eigenvalue weighted by Crippen LogP contribution is -2.29. The standard InChI is InChI=1S/C23H24N4O2/c1-2-3-15-27-23(29)19-13-7-6-12-18(19)21(26-27)22(28)25-24-20-14-8-10-16-9-4-5-11-17(16)20/h4-7,9,11-13H,2-3,8,10,14-15H2,1H3,(H,25,28)/b24-20-. The Balaban J connectivity index is 1.69. The summed E-state index contributed by atoms with van der Waals surface area (Å²) in [5.74, 6) is -0.401. The van der Waals surface area contributed by atoms with Gasteiger partial charge in [0, 0.05) is 17.5 Å². The minimum absolute atomic E-state index is 0.168. The van der Waals surface area contributed by atoms with Crippen LogP contribution in [-0.2, 0) is 13.0 Å². The van der Waals surface area contributed by atoms with Crippen LogP contribution >= 0.6 is 0 Å². The summed E-state index contributed by atoms with van der Waals surface area (Å²) >= 11 is 0. The summed E-state index contributed by atoms with van der Waals surface area (Å²) < 4.78 is 1.39. The number of aryl methyl sites for hydroxylation is 2. The summed E-state index contributed by atoms with van der Waals surface area (Å²) in [5, 5.41) is 9.83. The van der Waals surface area contributed by atoms with E-state index < -0.39 is 5.91 Å². The summed E-state index contributed by atoms with van der Waals surface area (Å²) in [6.07, 6.45) is 4.62. The average molecular weight is 388 g/mol. The second kappa shape index (κ2) is 8.39. The molecule has 0 saturated heterocycles. The Kier molecular flexibility index (Phi) is 5.51. The number of carbonyl (C=O) groups is 1. The Labute approximate surface area is 169 Å². The molecule has 0 fully saturated rings. The number of unbranched alkanes of at least 4 members (excludes halogenated alkanes) is 1. The van der Waals surface area contributed by atoms with Crippen molar-refractivity contribution >= 4 is 22.4 Å². The van der Waals surface area contributed by atoms with Crippen LogP contribution in [0.2, 0.25) is 0 Å². The van der Waals surface area contributed by atoms with Gasteiger partial charge in [0.15, 0.2) is 5.69 Å². The molecule has 6 heteroatoms. The third-order valence-electron chi connectivity index (χ3n) is 5.29. The molecule has 1 heterocycles. The van der Waals surface area contributed by atoms with Gasteiger partial charge in [-0.15, -0.1) is 0 Å². The van der Waals surface area contributed by atoms with E-state index in [1.54, 1.807) is 24.3 Å². The highest BCUT2D eigenvalue weighted by molar-refractivity contribution is 6.07. The van der Waals surface area contributed by atoms with Gasteiger partial charge in [-0.2, -0.15) is 10.2 Å². The molecule has 0 radical (unpaired) electrons. The van der Waals surface area contributed by atoms with Gasteiger partial charge in [-0.25, -0.2) is 10.1 Å². The number of hydrogen-bond acceptors (Lipinski definition) is 4. The monoisotopic (exact) mass is 388 g/mol. The minimum Gasteiger partial charge on any atom is -0.267 e. The molecular formula is C23H24N4O2. The summed E-state index contributed by atoms with van der Waals surface area (Å²) in [5.41, 5.74) is 5.95. The van der Waals surface area contributed by atoms with Crippen LogP contribution < -0.4 is 11.0 Å². The maximum Gasteiger partial charge on any atom is 0.292 e. The molecule has 0 saturated carbocycles. The van der Waals surface area contributed by atoms with Crippen molar-refractivity contribution < 1.29 is 4.79 Å². The molecule has 1 aliphatic rings. The van der Waals surface area contributed by atoms with Crippen LogP contribution in [-0.4, -0.2) is 21.4 Å². The molecule has 0 atom stereocenters. The number of hydrazone groups is 1. The minimum atomic E-state index is -0.401. The van der Waals surface area contributed by atoms with Gasteiger partial charge in [0.1, 0.15) is 0 Å². The van der Waals surface area contributed by atoms with E-state index in [1.165, 1.54) is 10.2 Å². The highest BCUT2D eigenvalue weighted by Gasteiger charge is 2.18. The van der Waals surface area contributed by atoms with Crippen LogP contribution in [0.4, 0.5) is 0 Å². The largest absolute Gasteiger partial charge is 0.292 e. The SMILES string of the molecule is CCCCn1nc(C(=O)N/N=C2/CCCc3ccccc32)c2ccccc2c1=O. The first-order valence-electron chi connectivity index (χ1n) is 10.1. The van der Waals surface area contributed by atoms with Crippen molar-refractivity contribution in [2.24, 2.45) is 5.10 Å². The highest BCUT2D eigenvalue weighted by Crippen LogP contribution is 2.21. The molecular weight excluding hydrogens is 364 g/mol. The number of amides is 1. The van der Waals surface area contributed by atoms with Crippen LogP contribution in [0.3, 0.4) is 0 Å². The predicted octanol–water partition coefficient (Wildman–Crippen LogP) is 3.67. The third kappa shape index (κ3) is 3.83. The van der Waals surface area contributed by atoms with Crippen molar-refractivity contribution in [1.29, 1.82) is 0 Å². The van der Waals surface area contributed by atoms with E-state index in [0.29, 0.717) is 17.3 Å². The zero-order chi connectivity index (χ0) is 20.2. The Morgan fingerprint density at radius 2 is 1.86 bits per heavy atom. The second-order valence-corrected chi connectivity index (χ2v) is 7.29. The van der Waals surface area contributed by atoms with Crippen molar-refractivity contribution in [1.82, 2.24) is 15.2 Å². The normalized spacial score (nSPS) is 14.7. The first kappa shape index (κ1) is 19.1. The molecule has 3 aromatic rings. The van der Waals surface area contributed by atoms with Crippen LogP contribution in [0.1, 0.15) is 54.2 Å². The molecule has 0 spiro atoms. The van der Waals surface area contributed by atoms with E-state index >= 15 is 0 Å². The molecule has 0 unspecified atom stereocenters. The number of carbonyl (C=O) groups excluding carboxylic acids is 1. The van der Waals surface area contributed by atoms with Gasteiger partial charge in [0.25, 0.3) is 11.5 Å². The Hall–Kier alpha value is -3.28. The molecule has 4 rings (SSSR count). The number of benzene rings is 2. The first-order chi connectivity index (χ1) is 14.2. The molecule has 6 nitrogen and oxygen atoms in total. The summed E-state index contributed by atoms with van der Waals surface area (Å²) in [4.78, 5) is 25.6. The zero-order valence-electron chi connectivity index (χ0n) is 16.5. The van der Waals surface area contributed by atoms with E-state index in [1.807, 2.05) is 18.2 Å². The lowest BCUT2D eigenvalue weighted by Gasteiger charge is -2.17. The lowest BCUT2D eigenvalue weighted by atomic mass is 9.90. The van der Waals surface area contributed by atoms with E-state index in [-0.39, 0.29) is 11.3 Å². The van der Waals surface area contributed by atoms with Gasteiger partial charge in [-0.3, -0.25) is 9.59 Å². The van der Waals surface area contributed by atoms with Gasteiger partial charge >= 0.3 is 0 Å². The number of nitrogens with zero attached hydrogens (tertiary/aromatic N) is 3. The highest BCUT2D eigenvalue weighted by atomic mass is 16.2. The zero-order valence-corrected chi connectivity index (χ0v) is 16.5. The van der Waals surface area contributed by atoms with Gasteiger partial charge in [0.2, 0.25) is 0 Å². The van der Waals surface area contributed by atoms with E-state index in [9.17, 15) is 9.59 Å². The van der Waals surface area contributed by atoms with E-state index in [2.05, 4.69) is 28.6 Å². The van der Waals surface area contributed by atoms with Crippen LogP contribution in [0.5, 0.6) is 0 Å². The van der Waals surface area contributed by atoms with Crippen LogP contribution in [0.25, 0.3) is 10.8 Å². The summed E-state index contributed by atoms with van der Waals surface area (Å²) in [6, 6.07) is 15.3. The average Bonchev–Trinajstić information content (AvgIpc) is 2.77. The third-order valence-corrected chi connectivity index (χ3v) is 5.29. The number of fused-ring (bicyclic) bond motifs is 2. The molecule has 148 valence electrons. The van der Waals surface area contributed by atoms with Gasteiger partial charge in [-0.05, 0) is 37.3 Å². The Morgan fingerprint density at radius 3 is 2.69 bits per heavy atom. The molecule has 1 N–H and O–H groups in total. The first-order valence-corrected chi connectivity index (χ1v) is 10.1. The van der Waals surface area contributed by atoms with Crippen molar-refractivity contribution in [3.05, 3.63) is 75.7 Å². The fraction of sp³-hybridized carbons (Fsp3) is 0.304. The number of rotatable bonds is 5.